The summed E-state index contributed by atoms with van der Waals surface area (Å²) in [6.45, 7) is 20.8. The highest BCUT2D eigenvalue weighted by Gasteiger charge is 2.77. The average Bonchev–Trinajstić information content (AvgIpc) is 0.661. The first-order valence-corrected chi connectivity index (χ1v) is 34.8. The molecule has 8 fully saturated rings. The Bertz CT molecular complexity index is 3000. The number of hydrogen-bond donors (Lipinski definition) is 13. The molecular formula is C71H108O28. The van der Waals surface area contributed by atoms with Crippen molar-refractivity contribution in [3.05, 3.63) is 59.8 Å². The number of aliphatic hydroxyl groups is 12. The molecular weight excluding hydrogens is 1300 g/mol. The van der Waals surface area contributed by atoms with Gasteiger partial charge in [-0.3, -0.25) is 4.79 Å². The molecule has 560 valence electrons. The highest BCUT2D eigenvalue weighted by atomic mass is 16.8. The number of unbranched alkanes of at least 4 members (excludes halogenated alkanes) is 1. The van der Waals surface area contributed by atoms with Gasteiger partial charge in [-0.25, -0.2) is 14.4 Å². The fourth-order valence-corrected chi connectivity index (χ4v) is 18.6. The summed E-state index contributed by atoms with van der Waals surface area (Å²) in [5.41, 5.74) is -3.54. The molecule has 4 saturated carbocycles. The number of aliphatic carboxylic acids is 1. The predicted molar refractivity (Wildman–Crippen MR) is 345 cm³/mol. The lowest BCUT2D eigenvalue weighted by Crippen LogP contribution is -2.75. The highest BCUT2D eigenvalue weighted by molar-refractivity contribution is 5.88. The van der Waals surface area contributed by atoms with E-state index in [0.717, 1.165) is 18.4 Å². The Morgan fingerprint density at radius 3 is 1.83 bits per heavy atom. The Morgan fingerprint density at radius 2 is 1.20 bits per heavy atom. The summed E-state index contributed by atoms with van der Waals surface area (Å²) in [6.07, 6.45) is -22.6. The molecule has 5 aliphatic carbocycles. The highest BCUT2D eigenvalue weighted by Crippen LogP contribution is 2.77. The summed E-state index contributed by atoms with van der Waals surface area (Å²) in [6, 6.07) is 0. The first-order valence-electron chi connectivity index (χ1n) is 34.8. The van der Waals surface area contributed by atoms with Gasteiger partial charge in [0.2, 0.25) is 0 Å². The molecule has 4 aliphatic heterocycles. The molecule has 0 bridgehead atoms. The van der Waals surface area contributed by atoms with Crippen LogP contribution in [0.4, 0.5) is 0 Å². The molecule has 0 spiro atoms. The van der Waals surface area contributed by atoms with Crippen LogP contribution in [0.15, 0.2) is 59.8 Å². The van der Waals surface area contributed by atoms with Crippen LogP contribution in [-0.4, -0.2) is 257 Å². The molecule has 28 heteroatoms. The van der Waals surface area contributed by atoms with E-state index in [9.17, 15) is 85.6 Å². The molecule has 31 unspecified atom stereocenters. The molecule has 9 aliphatic rings. The van der Waals surface area contributed by atoms with Crippen LogP contribution in [0.2, 0.25) is 0 Å². The Hall–Kier alpha value is -4.22. The second-order valence-corrected chi connectivity index (χ2v) is 30.9. The summed E-state index contributed by atoms with van der Waals surface area (Å²) >= 11 is 0. The minimum absolute atomic E-state index is 0.0765. The third-order valence-electron chi connectivity index (χ3n) is 24.2. The lowest BCUT2D eigenvalue weighted by Gasteiger charge is -2.73. The Morgan fingerprint density at radius 1 is 0.606 bits per heavy atom. The fraction of sp³-hybridized carbons (Fsp3) is 0.803. The normalized spacial score (nSPS) is 46.7. The number of carboxylic acid groups (broad SMARTS) is 1. The first-order chi connectivity index (χ1) is 46.5. The number of allylic oxidation sites excluding steroid dienone is 7. The van der Waals surface area contributed by atoms with Gasteiger partial charge < -0.3 is 118 Å². The third kappa shape index (κ3) is 14.5. The Balaban J connectivity index is 0.963. The van der Waals surface area contributed by atoms with Gasteiger partial charge in [0, 0.05) is 24.0 Å². The molecule has 28 nitrogen and oxygen atoms in total. The number of aliphatic hydroxyl groups excluding tert-OH is 12. The van der Waals surface area contributed by atoms with Crippen LogP contribution in [-0.2, 0) is 71.3 Å². The summed E-state index contributed by atoms with van der Waals surface area (Å²) in [5, 5.41) is 143. The van der Waals surface area contributed by atoms with Crippen LogP contribution >= 0.6 is 0 Å². The topological polar surface area (TPSA) is 433 Å². The zero-order chi connectivity index (χ0) is 73.0. The number of carbonyl (C=O) groups is 4. The standard InChI is InChI=1S/C71H108O28/c1-13-15-16-17-18-19-20-21-44(76)95-58-59(90-35(5)75)71(32-74)37(28-66(6,7)29-43(71)93-61(88)33(3)14-2)36-22-23-41-68(10)26-25-42(67(8,9)40(68)24-27-69(41,11)70(36,58)12)94-62-51(83)49(81)54(34(4)89-62)96-64-53(85)55(52(84)56(98-64)60(86)87)97-65-57(48(80)46(78)39(31-73)92-65)99-63-50(82)47(79)45(77)38(30-72)91-63/h14,16-22,34,37-43,45-59,62-65,72-74,77-85H,13,15,23-32H2,1-12H3,(H,86,87)/b17-16+,19-18+,21-20+,33-14-. The maximum atomic E-state index is 14.6. The SMILES string of the molecule is C/C=C(/C)C(=O)OC1CC(C)(C)CC2C3=CCC4C5(C)CCC(OC6OC(C)C(OC7OC(C(=O)O)C(O)C(OC8OC(CO)C(O)C(O)C8OC8OC(CO)C(O)C(O)C8O)C7O)C(O)C6O)C(C)(C)C5CCC4(C)C3(C)C(OC(=O)/C=C/C=C/C=C/CCC)C(OC(C)=O)C12CO. The molecule has 0 aromatic heterocycles. The maximum absolute atomic E-state index is 14.6. The van der Waals surface area contributed by atoms with E-state index in [2.05, 4.69) is 61.5 Å². The van der Waals surface area contributed by atoms with Crippen molar-refractivity contribution in [2.45, 2.75) is 288 Å². The van der Waals surface area contributed by atoms with Crippen LogP contribution in [0.1, 0.15) is 141 Å². The number of ether oxygens (including phenoxy) is 11. The molecule has 9 rings (SSSR count). The predicted octanol–water partition coefficient (Wildman–Crippen LogP) is 1.58. The maximum Gasteiger partial charge on any atom is 0.335 e. The molecule has 0 radical (unpaired) electrons. The van der Waals surface area contributed by atoms with Crippen molar-refractivity contribution in [2.24, 2.45) is 50.2 Å². The number of esters is 3. The van der Waals surface area contributed by atoms with E-state index >= 15 is 0 Å². The van der Waals surface area contributed by atoms with E-state index < -0.39 is 229 Å². The fourth-order valence-electron chi connectivity index (χ4n) is 18.6. The average molecular weight is 1410 g/mol. The number of hydrogen-bond acceptors (Lipinski definition) is 27. The molecule has 4 saturated heterocycles. The van der Waals surface area contributed by atoms with Gasteiger partial charge in [0.05, 0.1) is 37.4 Å². The largest absolute Gasteiger partial charge is 0.479 e. The second-order valence-electron chi connectivity index (χ2n) is 30.9. The van der Waals surface area contributed by atoms with E-state index in [0.29, 0.717) is 50.5 Å². The molecule has 0 aromatic rings. The molecule has 13 N–H and O–H groups in total. The van der Waals surface area contributed by atoms with Gasteiger partial charge in [0.1, 0.15) is 97.7 Å². The van der Waals surface area contributed by atoms with Gasteiger partial charge in [-0.1, -0.05) is 110 Å². The number of fused-ring (bicyclic) bond motifs is 7. The summed E-state index contributed by atoms with van der Waals surface area (Å²) in [5.74, 6) is -4.47. The van der Waals surface area contributed by atoms with Crippen molar-refractivity contribution in [3.8, 4) is 0 Å². The van der Waals surface area contributed by atoms with Crippen LogP contribution in [0.5, 0.6) is 0 Å². The third-order valence-corrected chi connectivity index (χ3v) is 24.2. The van der Waals surface area contributed by atoms with Crippen molar-refractivity contribution in [1.82, 2.24) is 0 Å². The van der Waals surface area contributed by atoms with Crippen LogP contribution in [0.3, 0.4) is 0 Å². The molecule has 0 amide bonds. The number of carboxylic acids is 1. The van der Waals surface area contributed by atoms with Gasteiger partial charge in [-0.2, -0.15) is 0 Å². The van der Waals surface area contributed by atoms with Crippen molar-refractivity contribution in [1.29, 1.82) is 0 Å². The Kier molecular flexibility index (Phi) is 24.6. The molecule has 99 heavy (non-hydrogen) atoms. The monoisotopic (exact) mass is 1410 g/mol. The van der Waals surface area contributed by atoms with Gasteiger partial charge in [0.25, 0.3) is 0 Å². The second kappa shape index (κ2) is 30.8. The van der Waals surface area contributed by atoms with Crippen LogP contribution in [0.25, 0.3) is 0 Å². The Labute approximate surface area is 577 Å². The minimum Gasteiger partial charge on any atom is -0.479 e. The summed E-state index contributed by atoms with van der Waals surface area (Å²) in [4.78, 5) is 55.0. The van der Waals surface area contributed by atoms with Gasteiger partial charge in [0.15, 0.2) is 37.4 Å². The zero-order valence-corrected chi connectivity index (χ0v) is 58.6. The quantitative estimate of drug-likeness (QED) is 0.0194. The van der Waals surface area contributed by atoms with Crippen molar-refractivity contribution < 1.29 is 138 Å². The van der Waals surface area contributed by atoms with E-state index in [4.69, 9.17) is 52.1 Å². The summed E-state index contributed by atoms with van der Waals surface area (Å²) < 4.78 is 67.4. The van der Waals surface area contributed by atoms with Crippen LogP contribution in [0, 0.1) is 50.2 Å². The molecule has 4 heterocycles. The number of rotatable bonds is 21. The van der Waals surface area contributed by atoms with Gasteiger partial charge in [-0.05, 0) is 112 Å². The van der Waals surface area contributed by atoms with Crippen molar-refractivity contribution in [3.63, 3.8) is 0 Å². The lowest BCUT2D eigenvalue weighted by atomic mass is 9.32. The smallest absolute Gasteiger partial charge is 0.335 e. The van der Waals surface area contributed by atoms with Crippen molar-refractivity contribution >= 4 is 23.9 Å². The summed E-state index contributed by atoms with van der Waals surface area (Å²) in [7, 11) is 0. The van der Waals surface area contributed by atoms with E-state index in [-0.39, 0.29) is 11.8 Å². The van der Waals surface area contributed by atoms with Crippen molar-refractivity contribution in [2.75, 3.05) is 19.8 Å². The van der Waals surface area contributed by atoms with Gasteiger partial charge >= 0.3 is 23.9 Å². The molecule has 31 atom stereocenters. The minimum atomic E-state index is -2.28. The van der Waals surface area contributed by atoms with E-state index in [1.165, 1.54) is 19.9 Å². The van der Waals surface area contributed by atoms with Crippen LogP contribution < -0.4 is 0 Å². The zero-order valence-electron chi connectivity index (χ0n) is 58.6. The van der Waals surface area contributed by atoms with Gasteiger partial charge in [-0.15, -0.1) is 0 Å². The molecule has 0 aromatic carbocycles. The number of carbonyl (C=O) groups excluding carboxylic acids is 3. The first kappa shape index (κ1) is 78.9. The van der Waals surface area contributed by atoms with E-state index in [1.54, 1.807) is 32.1 Å². The van der Waals surface area contributed by atoms with E-state index in [1.807, 2.05) is 18.2 Å². The lowest BCUT2D eigenvalue weighted by molar-refractivity contribution is -0.394.